The van der Waals surface area contributed by atoms with E-state index in [0.29, 0.717) is 15.7 Å². The van der Waals surface area contributed by atoms with Gasteiger partial charge in [0.15, 0.2) is 0 Å². The van der Waals surface area contributed by atoms with Crippen molar-refractivity contribution in [3.8, 4) is 17.3 Å². The van der Waals surface area contributed by atoms with Crippen molar-refractivity contribution in [2.24, 2.45) is 0 Å². The average molecular weight is 256 g/mol. The van der Waals surface area contributed by atoms with Crippen LogP contribution in [0.2, 0.25) is 10.0 Å². The molecular formula is C10H7Cl2N3O. The molecule has 0 unspecified atom stereocenters. The van der Waals surface area contributed by atoms with Crippen molar-refractivity contribution in [1.29, 1.82) is 0 Å². The molecule has 1 aromatic carbocycles. The van der Waals surface area contributed by atoms with Crippen molar-refractivity contribution in [2.75, 3.05) is 7.11 Å². The fourth-order valence-electron chi connectivity index (χ4n) is 1.20. The van der Waals surface area contributed by atoms with Crippen molar-refractivity contribution >= 4 is 23.2 Å². The zero-order valence-electron chi connectivity index (χ0n) is 8.32. The smallest absolute Gasteiger partial charge is 0.335 e. The molecule has 0 fully saturated rings. The van der Waals surface area contributed by atoms with Crippen LogP contribution in [0.25, 0.3) is 11.3 Å². The molecule has 0 bridgehead atoms. The zero-order valence-corrected chi connectivity index (χ0v) is 9.83. The van der Waals surface area contributed by atoms with Crippen LogP contribution in [0.15, 0.2) is 24.4 Å². The monoisotopic (exact) mass is 255 g/mol. The van der Waals surface area contributed by atoms with Gasteiger partial charge in [0.2, 0.25) is 0 Å². The van der Waals surface area contributed by atoms with Gasteiger partial charge in [-0.1, -0.05) is 28.3 Å². The summed E-state index contributed by atoms with van der Waals surface area (Å²) in [5, 5.41) is 8.53. The highest BCUT2D eigenvalue weighted by molar-refractivity contribution is 6.36. The Morgan fingerprint density at radius 3 is 2.75 bits per heavy atom. The van der Waals surface area contributed by atoms with Crippen molar-refractivity contribution in [3.63, 3.8) is 0 Å². The fraction of sp³-hybridized carbons (Fsp3) is 0.100. The van der Waals surface area contributed by atoms with Crippen molar-refractivity contribution in [1.82, 2.24) is 15.2 Å². The first-order valence-corrected chi connectivity index (χ1v) is 5.15. The molecule has 16 heavy (non-hydrogen) atoms. The van der Waals surface area contributed by atoms with Crippen LogP contribution in [0.3, 0.4) is 0 Å². The second kappa shape index (κ2) is 4.63. The van der Waals surface area contributed by atoms with Crippen LogP contribution in [0, 0.1) is 0 Å². The lowest BCUT2D eigenvalue weighted by molar-refractivity contribution is 0.374. The van der Waals surface area contributed by atoms with E-state index < -0.39 is 0 Å². The van der Waals surface area contributed by atoms with Gasteiger partial charge in [-0.3, -0.25) is 0 Å². The van der Waals surface area contributed by atoms with Crippen molar-refractivity contribution in [2.45, 2.75) is 0 Å². The molecule has 6 heteroatoms. The molecule has 0 saturated carbocycles. The predicted octanol–water partition coefficient (Wildman–Crippen LogP) is 2.85. The van der Waals surface area contributed by atoms with E-state index in [-0.39, 0.29) is 6.01 Å². The maximum atomic E-state index is 6.05. The Morgan fingerprint density at radius 2 is 2.06 bits per heavy atom. The number of hydrogen-bond acceptors (Lipinski definition) is 4. The topological polar surface area (TPSA) is 47.9 Å². The average Bonchev–Trinajstić information content (AvgIpc) is 2.29. The van der Waals surface area contributed by atoms with Crippen LogP contribution in [-0.2, 0) is 0 Å². The summed E-state index contributed by atoms with van der Waals surface area (Å²) in [7, 11) is 1.48. The van der Waals surface area contributed by atoms with Gasteiger partial charge >= 0.3 is 6.01 Å². The summed E-state index contributed by atoms with van der Waals surface area (Å²) in [6.45, 7) is 0. The Labute approximate surface area is 102 Å². The summed E-state index contributed by atoms with van der Waals surface area (Å²) in [5.41, 5.74) is 1.33. The molecule has 0 aliphatic carbocycles. The highest BCUT2D eigenvalue weighted by Crippen LogP contribution is 2.28. The Morgan fingerprint density at radius 1 is 1.25 bits per heavy atom. The number of methoxy groups -OCH3 is 1. The van der Waals surface area contributed by atoms with E-state index in [4.69, 9.17) is 27.9 Å². The van der Waals surface area contributed by atoms with E-state index in [0.717, 1.165) is 5.56 Å². The van der Waals surface area contributed by atoms with Crippen LogP contribution < -0.4 is 4.74 Å². The van der Waals surface area contributed by atoms with Gasteiger partial charge in [-0.25, -0.2) is 0 Å². The second-order valence-electron chi connectivity index (χ2n) is 2.95. The van der Waals surface area contributed by atoms with Crippen LogP contribution in [0.4, 0.5) is 0 Å². The summed E-state index contributed by atoms with van der Waals surface area (Å²) in [5.74, 6) is 0. The van der Waals surface area contributed by atoms with Gasteiger partial charge in [-0.05, 0) is 18.2 Å². The lowest BCUT2D eigenvalue weighted by Crippen LogP contribution is -1.96. The number of halogens is 2. The molecule has 82 valence electrons. The zero-order chi connectivity index (χ0) is 11.5. The number of nitrogens with zero attached hydrogens (tertiary/aromatic N) is 3. The van der Waals surface area contributed by atoms with Gasteiger partial charge in [-0.2, -0.15) is 10.1 Å². The first-order chi connectivity index (χ1) is 7.70. The van der Waals surface area contributed by atoms with Crippen LogP contribution in [-0.4, -0.2) is 22.3 Å². The van der Waals surface area contributed by atoms with Crippen LogP contribution in [0.5, 0.6) is 6.01 Å². The largest absolute Gasteiger partial charge is 0.466 e. The van der Waals surface area contributed by atoms with E-state index in [1.165, 1.54) is 13.3 Å². The molecule has 0 saturated heterocycles. The Kier molecular flexibility index (Phi) is 3.22. The van der Waals surface area contributed by atoms with Crippen LogP contribution in [0.1, 0.15) is 0 Å². The second-order valence-corrected chi connectivity index (χ2v) is 3.80. The Bertz CT molecular complexity index is 519. The van der Waals surface area contributed by atoms with E-state index in [1.807, 2.05) is 0 Å². The lowest BCUT2D eigenvalue weighted by atomic mass is 10.2. The first-order valence-electron chi connectivity index (χ1n) is 4.40. The van der Waals surface area contributed by atoms with Gasteiger partial charge in [0.1, 0.15) is 0 Å². The Hall–Kier alpha value is -1.39. The predicted molar refractivity (Wildman–Crippen MR) is 61.8 cm³/mol. The summed E-state index contributed by atoms with van der Waals surface area (Å²) >= 11 is 11.9. The lowest BCUT2D eigenvalue weighted by Gasteiger charge is -2.04. The minimum Gasteiger partial charge on any atom is -0.466 e. The van der Waals surface area contributed by atoms with E-state index >= 15 is 0 Å². The van der Waals surface area contributed by atoms with Gasteiger partial charge in [-0.15, -0.1) is 0 Å². The molecule has 0 aliphatic rings. The third kappa shape index (κ3) is 2.23. The molecule has 0 atom stereocenters. The molecule has 0 radical (unpaired) electrons. The summed E-state index contributed by atoms with van der Waals surface area (Å²) < 4.78 is 4.89. The third-order valence-electron chi connectivity index (χ3n) is 1.93. The quantitative estimate of drug-likeness (QED) is 0.828. The molecule has 1 aromatic heterocycles. The van der Waals surface area contributed by atoms with E-state index in [2.05, 4.69) is 15.2 Å². The molecule has 2 rings (SSSR count). The van der Waals surface area contributed by atoms with E-state index in [9.17, 15) is 0 Å². The molecule has 1 heterocycles. The molecule has 0 amide bonds. The third-order valence-corrected chi connectivity index (χ3v) is 2.48. The summed E-state index contributed by atoms with van der Waals surface area (Å²) in [6, 6.07) is 5.35. The minimum atomic E-state index is 0.198. The van der Waals surface area contributed by atoms with Crippen LogP contribution >= 0.6 is 23.2 Å². The normalized spacial score (nSPS) is 10.2. The summed E-state index contributed by atoms with van der Waals surface area (Å²) in [6.07, 6.45) is 1.51. The molecular weight excluding hydrogens is 249 g/mol. The number of aromatic nitrogens is 3. The number of benzene rings is 1. The number of rotatable bonds is 2. The van der Waals surface area contributed by atoms with Gasteiger partial charge < -0.3 is 4.74 Å². The maximum Gasteiger partial charge on any atom is 0.335 e. The molecule has 0 spiro atoms. The maximum absolute atomic E-state index is 6.05. The highest BCUT2D eigenvalue weighted by Gasteiger charge is 2.07. The van der Waals surface area contributed by atoms with Crippen molar-refractivity contribution < 1.29 is 4.74 Å². The van der Waals surface area contributed by atoms with Gasteiger partial charge in [0.25, 0.3) is 0 Å². The molecule has 0 N–H and O–H groups in total. The molecule has 2 aromatic rings. The molecule has 0 aliphatic heterocycles. The fourth-order valence-corrected chi connectivity index (χ4v) is 1.71. The van der Waals surface area contributed by atoms with Crippen molar-refractivity contribution in [3.05, 3.63) is 34.4 Å². The SMILES string of the molecule is COc1nncc(-c2ccc(Cl)cc2Cl)n1. The summed E-state index contributed by atoms with van der Waals surface area (Å²) in [4.78, 5) is 4.13. The molecule has 4 nitrogen and oxygen atoms in total. The van der Waals surface area contributed by atoms with E-state index in [1.54, 1.807) is 18.2 Å². The Balaban J connectivity index is 2.49. The number of hydrogen-bond donors (Lipinski definition) is 0. The van der Waals surface area contributed by atoms with Gasteiger partial charge in [0.05, 0.1) is 24.0 Å². The highest BCUT2D eigenvalue weighted by atomic mass is 35.5. The minimum absolute atomic E-state index is 0.198. The first kappa shape index (κ1) is 11.1. The standard InChI is InChI=1S/C10H7Cl2N3O/c1-16-10-14-9(5-13-15-10)7-3-2-6(11)4-8(7)12/h2-5H,1H3. The van der Waals surface area contributed by atoms with Gasteiger partial charge in [0, 0.05) is 10.6 Å². The number of ether oxygens (including phenoxy) is 1.